The molecule has 16 rings (SSSR count). The summed E-state index contributed by atoms with van der Waals surface area (Å²) in [5, 5.41) is 0. The molecular formula is C74H48N6. The maximum absolute atomic E-state index is 5.24. The Morgan fingerprint density at radius 1 is 0.150 bits per heavy atom. The lowest BCUT2D eigenvalue weighted by Crippen LogP contribution is -2.27. The maximum atomic E-state index is 5.24. The first-order valence-electron chi connectivity index (χ1n) is 27.1. The Morgan fingerprint density at radius 2 is 0.338 bits per heavy atom. The lowest BCUT2D eigenvalue weighted by atomic mass is 9.61. The van der Waals surface area contributed by atoms with E-state index in [-0.39, 0.29) is 11.8 Å². The highest BCUT2D eigenvalue weighted by atomic mass is 15.0. The predicted octanol–water partition coefficient (Wildman–Crippen LogP) is 17.7. The zero-order valence-corrected chi connectivity index (χ0v) is 43.4. The van der Waals surface area contributed by atoms with Gasteiger partial charge in [-0.2, -0.15) is 0 Å². The smallest absolute Gasteiger partial charge is 0.164 e. The molecule has 2 atom stereocenters. The summed E-state index contributed by atoms with van der Waals surface area (Å²) in [5.74, 6) is 3.79. The summed E-state index contributed by atoms with van der Waals surface area (Å²) in [7, 11) is 0. The molecule has 0 spiro atoms. The van der Waals surface area contributed by atoms with E-state index in [1.807, 2.05) is 48.5 Å². The number of hydrogen-bond acceptors (Lipinski definition) is 6. The molecule has 0 aliphatic heterocycles. The van der Waals surface area contributed by atoms with Gasteiger partial charge in [0.2, 0.25) is 0 Å². The molecule has 0 radical (unpaired) electrons. The highest BCUT2D eigenvalue weighted by Crippen LogP contribution is 2.56. The van der Waals surface area contributed by atoms with Crippen molar-refractivity contribution < 1.29 is 0 Å². The third-order valence-corrected chi connectivity index (χ3v) is 15.8. The van der Waals surface area contributed by atoms with Crippen molar-refractivity contribution in [3.63, 3.8) is 0 Å². The number of aromatic nitrogens is 6. The van der Waals surface area contributed by atoms with E-state index in [1.54, 1.807) is 0 Å². The van der Waals surface area contributed by atoms with Gasteiger partial charge in [0.1, 0.15) is 0 Å². The van der Waals surface area contributed by atoms with Crippen LogP contribution in [0.3, 0.4) is 0 Å². The van der Waals surface area contributed by atoms with Crippen molar-refractivity contribution in [2.45, 2.75) is 11.8 Å². The van der Waals surface area contributed by atoms with E-state index in [1.165, 1.54) is 55.6 Å². The van der Waals surface area contributed by atoms with Crippen LogP contribution in [0.5, 0.6) is 0 Å². The van der Waals surface area contributed by atoms with Crippen LogP contribution in [0.15, 0.2) is 279 Å². The van der Waals surface area contributed by atoms with Gasteiger partial charge < -0.3 is 0 Å². The first-order valence-corrected chi connectivity index (χ1v) is 27.1. The van der Waals surface area contributed by atoms with Crippen molar-refractivity contribution >= 4 is 0 Å². The predicted molar refractivity (Wildman–Crippen MR) is 322 cm³/mol. The summed E-state index contributed by atoms with van der Waals surface area (Å²) in [6.45, 7) is 0. The summed E-state index contributed by atoms with van der Waals surface area (Å²) in [4.78, 5) is 31.1. The molecule has 3 aliphatic carbocycles. The Kier molecular flexibility index (Phi) is 11.6. The highest BCUT2D eigenvalue weighted by molar-refractivity contribution is 5.78. The molecule has 0 saturated heterocycles. The summed E-state index contributed by atoms with van der Waals surface area (Å²) >= 11 is 0. The maximum Gasteiger partial charge on any atom is 0.164 e. The molecule has 6 nitrogen and oxygen atoms in total. The van der Waals surface area contributed by atoms with Crippen LogP contribution in [0, 0.1) is 0 Å². The minimum atomic E-state index is 0.00117. The van der Waals surface area contributed by atoms with Gasteiger partial charge in [0, 0.05) is 45.2 Å². The molecule has 13 aromatic rings. The Balaban J connectivity index is 0.773. The van der Waals surface area contributed by atoms with Crippen molar-refractivity contribution in [2.24, 2.45) is 0 Å². The molecule has 0 saturated carbocycles. The third kappa shape index (κ3) is 8.56. The van der Waals surface area contributed by atoms with Crippen LogP contribution in [0.2, 0.25) is 0 Å². The van der Waals surface area contributed by atoms with Crippen molar-refractivity contribution in [2.75, 3.05) is 0 Å². The normalized spacial score (nSPS) is 13.8. The van der Waals surface area contributed by atoms with Gasteiger partial charge >= 0.3 is 0 Å². The van der Waals surface area contributed by atoms with Crippen molar-refractivity contribution in [3.05, 3.63) is 312 Å². The summed E-state index contributed by atoms with van der Waals surface area (Å²) in [6, 6.07) is 98.5. The second-order valence-electron chi connectivity index (χ2n) is 20.6. The zero-order valence-electron chi connectivity index (χ0n) is 43.4. The van der Waals surface area contributed by atoms with Gasteiger partial charge in [-0.1, -0.05) is 267 Å². The lowest BCUT2D eigenvalue weighted by Gasteiger charge is -2.42. The first-order chi connectivity index (χ1) is 39.6. The molecule has 0 fully saturated rings. The van der Waals surface area contributed by atoms with E-state index in [2.05, 4.69) is 231 Å². The molecule has 11 aromatic carbocycles. The molecule has 2 aromatic heterocycles. The number of rotatable bonds is 10. The van der Waals surface area contributed by atoms with Crippen LogP contribution in [0.1, 0.15) is 45.2 Å². The standard InChI is InChI=1S/C74H48N6/c1-5-15-47(16-6-1)49-25-29-51(30-26-49)53-33-37-57(38-34-53)71-75-69(55-19-9-3-10-20-55)77-73(79-71)59-41-43-63-65(45-59)67-61-23-13-14-24-62(61)68(63)66-46-60(42-44-64(66)67)74-78-70(56-21-11-4-12-22-56)76-72(80-74)58-39-35-54(36-40-58)52-31-27-50(28-32-52)48-17-7-2-8-18-48/h1-46,67-68H. The number of benzene rings is 11. The van der Waals surface area contributed by atoms with Crippen LogP contribution in [-0.2, 0) is 0 Å². The second kappa shape index (κ2) is 19.8. The first kappa shape index (κ1) is 46.7. The zero-order chi connectivity index (χ0) is 52.9. The Bertz CT molecular complexity index is 4130. The molecule has 374 valence electrons. The molecule has 2 unspecified atom stereocenters. The van der Waals surface area contributed by atoms with Gasteiger partial charge in [-0.3, -0.25) is 0 Å². The molecule has 3 aliphatic rings. The van der Waals surface area contributed by atoms with Crippen LogP contribution in [-0.4, -0.2) is 29.9 Å². The average molecular weight is 1020 g/mol. The second-order valence-corrected chi connectivity index (χ2v) is 20.6. The molecule has 80 heavy (non-hydrogen) atoms. The van der Waals surface area contributed by atoms with E-state index in [0.717, 1.165) is 55.6 Å². The van der Waals surface area contributed by atoms with Crippen molar-refractivity contribution in [1.82, 2.24) is 29.9 Å². The van der Waals surface area contributed by atoms with E-state index in [4.69, 9.17) is 29.9 Å². The van der Waals surface area contributed by atoms with Crippen LogP contribution >= 0.6 is 0 Å². The molecular weight excluding hydrogens is 973 g/mol. The van der Waals surface area contributed by atoms with Crippen LogP contribution in [0.25, 0.3) is 113 Å². The molecule has 2 bridgehead atoms. The van der Waals surface area contributed by atoms with Crippen LogP contribution < -0.4 is 0 Å². The largest absolute Gasteiger partial charge is 0.208 e. The van der Waals surface area contributed by atoms with Crippen LogP contribution in [0.4, 0.5) is 0 Å². The molecule has 0 amide bonds. The van der Waals surface area contributed by atoms with E-state index in [0.29, 0.717) is 34.9 Å². The monoisotopic (exact) mass is 1020 g/mol. The third-order valence-electron chi connectivity index (χ3n) is 15.8. The highest BCUT2D eigenvalue weighted by Gasteiger charge is 2.41. The van der Waals surface area contributed by atoms with Crippen molar-refractivity contribution in [1.29, 1.82) is 0 Å². The Morgan fingerprint density at radius 3 is 0.625 bits per heavy atom. The quantitative estimate of drug-likeness (QED) is 0.136. The van der Waals surface area contributed by atoms with Crippen molar-refractivity contribution in [3.8, 4) is 113 Å². The molecule has 6 heteroatoms. The minimum absolute atomic E-state index is 0.00117. The Hall–Kier alpha value is -10.6. The summed E-state index contributed by atoms with van der Waals surface area (Å²) < 4.78 is 0. The molecule has 2 heterocycles. The summed E-state index contributed by atoms with van der Waals surface area (Å²) in [5.41, 5.74) is 22.7. The SMILES string of the molecule is c1ccc(-c2ccc(-c3ccc(-c4nc(-c5ccccc5)nc(-c5ccc6c(c5)C5c7ccccc7C6c6cc(-c7nc(-c8ccccc8)nc(-c8ccc(-c9ccc(-c%10ccccc%10)cc9)cc8)n7)ccc65)n4)cc3)cc2)cc1. The molecule has 0 N–H and O–H groups in total. The fourth-order valence-electron chi connectivity index (χ4n) is 11.8. The van der Waals surface area contributed by atoms with E-state index >= 15 is 0 Å². The Labute approximate surface area is 464 Å². The lowest BCUT2D eigenvalue weighted by molar-refractivity contribution is 0.754. The van der Waals surface area contributed by atoms with E-state index in [9.17, 15) is 0 Å². The summed E-state index contributed by atoms with van der Waals surface area (Å²) in [6.07, 6.45) is 0. The van der Waals surface area contributed by atoms with Gasteiger partial charge in [0.15, 0.2) is 34.9 Å². The van der Waals surface area contributed by atoms with Gasteiger partial charge in [0.25, 0.3) is 0 Å². The fourth-order valence-corrected chi connectivity index (χ4v) is 11.8. The van der Waals surface area contributed by atoms with Gasteiger partial charge in [-0.25, -0.2) is 29.9 Å². The van der Waals surface area contributed by atoms with Gasteiger partial charge in [-0.05, 0) is 90.0 Å². The van der Waals surface area contributed by atoms with Gasteiger partial charge in [-0.15, -0.1) is 0 Å². The number of hydrogen-bond donors (Lipinski definition) is 0. The topological polar surface area (TPSA) is 77.3 Å². The van der Waals surface area contributed by atoms with E-state index < -0.39 is 0 Å². The minimum Gasteiger partial charge on any atom is -0.208 e. The fraction of sp³-hybridized carbons (Fsp3) is 0.0270. The average Bonchev–Trinajstić information content (AvgIpc) is 3.73. The number of nitrogens with zero attached hydrogens (tertiary/aromatic N) is 6. The van der Waals surface area contributed by atoms with Gasteiger partial charge in [0.05, 0.1) is 0 Å².